The van der Waals surface area contributed by atoms with Crippen LogP contribution in [0.3, 0.4) is 0 Å². The van der Waals surface area contributed by atoms with Gasteiger partial charge in [-0.15, -0.1) is 0 Å². The minimum Gasteiger partial charge on any atom is -0.507 e. The maximum Gasteiger partial charge on any atom is 0.350 e. The minimum atomic E-state index is -0.955. The molecule has 0 aliphatic carbocycles. The summed E-state index contributed by atoms with van der Waals surface area (Å²) in [6.45, 7) is 7.67. The summed E-state index contributed by atoms with van der Waals surface area (Å²) in [5.74, 6) is -2.09. The molecule has 4 rings (SSSR count). The number of anilines is 1. The van der Waals surface area contributed by atoms with Crippen molar-refractivity contribution < 1.29 is 29.0 Å². The van der Waals surface area contributed by atoms with Crippen LogP contribution in [0.5, 0.6) is 5.75 Å². The van der Waals surface area contributed by atoms with Crippen LogP contribution in [0, 0.1) is 6.92 Å². The van der Waals surface area contributed by atoms with Gasteiger partial charge < -0.3 is 14.6 Å². The van der Waals surface area contributed by atoms with Gasteiger partial charge in [0.25, 0.3) is 5.78 Å². The van der Waals surface area contributed by atoms with Gasteiger partial charge in [-0.1, -0.05) is 73.4 Å². The Labute approximate surface area is 218 Å². The van der Waals surface area contributed by atoms with E-state index in [-0.39, 0.29) is 27.9 Å². The second kappa shape index (κ2) is 11.2. The van der Waals surface area contributed by atoms with Crippen molar-refractivity contribution in [3.63, 3.8) is 0 Å². The molecule has 0 radical (unpaired) electrons. The van der Waals surface area contributed by atoms with E-state index in [1.807, 2.05) is 13.0 Å². The average molecular weight is 519 g/mol. The molecule has 1 amide bonds. The number of thiazole rings is 1. The molecule has 190 valence electrons. The van der Waals surface area contributed by atoms with Crippen LogP contribution in [-0.2, 0) is 14.3 Å². The molecule has 8 nitrogen and oxygen atoms in total. The number of Topliss-reactive ketones (excluding diaryl/α,β-unsaturated/α-hetero) is 1. The number of carbonyl (C=O) groups is 3. The number of nitrogens with zero attached hydrogens (tertiary/aromatic N) is 2. The Morgan fingerprint density at radius 3 is 2.65 bits per heavy atom. The molecule has 1 unspecified atom stereocenters. The standard InChI is InChI=1S/C28H26N2O6S/c1-4-14-35-20-13-9-12-19(16-20)23(31)21-22(18-10-7-6-8-11-18)30(26(33)24(21)32)28-29-17(3)25(37-28)27(34)36-15-5-2/h5-13,16,22,31H,2,4,14-15H2,1,3H3. The van der Waals surface area contributed by atoms with E-state index in [4.69, 9.17) is 9.47 Å². The van der Waals surface area contributed by atoms with E-state index in [0.717, 1.165) is 17.8 Å². The third kappa shape index (κ3) is 5.17. The predicted molar refractivity (Wildman–Crippen MR) is 141 cm³/mol. The van der Waals surface area contributed by atoms with Crippen LogP contribution >= 0.6 is 11.3 Å². The molecular formula is C28H26N2O6S. The number of ether oxygens (including phenoxy) is 2. The number of rotatable bonds is 9. The third-order valence-electron chi connectivity index (χ3n) is 5.65. The van der Waals surface area contributed by atoms with E-state index in [2.05, 4.69) is 11.6 Å². The van der Waals surface area contributed by atoms with Crippen molar-refractivity contribution in [2.75, 3.05) is 18.1 Å². The third-order valence-corrected chi connectivity index (χ3v) is 6.79. The van der Waals surface area contributed by atoms with Crippen LogP contribution in [0.1, 0.15) is 45.9 Å². The zero-order valence-corrected chi connectivity index (χ0v) is 21.3. The largest absolute Gasteiger partial charge is 0.507 e. The Morgan fingerprint density at radius 2 is 1.95 bits per heavy atom. The second-order valence-electron chi connectivity index (χ2n) is 8.25. The highest BCUT2D eigenvalue weighted by atomic mass is 32.1. The second-order valence-corrected chi connectivity index (χ2v) is 9.23. The number of benzene rings is 2. The summed E-state index contributed by atoms with van der Waals surface area (Å²) in [5.41, 5.74) is 1.23. The van der Waals surface area contributed by atoms with E-state index in [9.17, 15) is 19.5 Å². The van der Waals surface area contributed by atoms with Crippen molar-refractivity contribution >= 4 is 39.9 Å². The molecule has 1 aliphatic heterocycles. The van der Waals surface area contributed by atoms with Gasteiger partial charge in [0.15, 0.2) is 5.13 Å². The molecule has 1 N–H and O–H groups in total. The predicted octanol–water partition coefficient (Wildman–Crippen LogP) is 5.21. The van der Waals surface area contributed by atoms with Crippen molar-refractivity contribution in [3.05, 3.63) is 94.5 Å². The van der Waals surface area contributed by atoms with Gasteiger partial charge in [0.2, 0.25) is 0 Å². The molecule has 1 atom stereocenters. The highest BCUT2D eigenvalue weighted by Gasteiger charge is 2.48. The summed E-state index contributed by atoms with van der Waals surface area (Å²) in [7, 11) is 0. The molecule has 1 aromatic heterocycles. The average Bonchev–Trinajstić information content (AvgIpc) is 3.42. The van der Waals surface area contributed by atoms with Gasteiger partial charge >= 0.3 is 11.9 Å². The van der Waals surface area contributed by atoms with Gasteiger partial charge in [0, 0.05) is 5.56 Å². The van der Waals surface area contributed by atoms with E-state index >= 15 is 0 Å². The molecule has 1 saturated heterocycles. The molecule has 1 aliphatic rings. The minimum absolute atomic E-state index is 0.0288. The Hall–Kier alpha value is -4.24. The molecule has 9 heteroatoms. The summed E-state index contributed by atoms with van der Waals surface area (Å²) in [6, 6.07) is 14.7. The fourth-order valence-corrected chi connectivity index (χ4v) is 4.95. The van der Waals surface area contributed by atoms with Gasteiger partial charge in [-0.05, 0) is 31.0 Å². The number of carbonyl (C=O) groups excluding carboxylic acids is 3. The number of aliphatic hydroxyl groups is 1. The Kier molecular flexibility index (Phi) is 7.83. The van der Waals surface area contributed by atoms with Gasteiger partial charge in [0.05, 0.1) is 23.9 Å². The molecule has 1 fully saturated rings. The van der Waals surface area contributed by atoms with Gasteiger partial charge in [-0.2, -0.15) is 0 Å². The molecular weight excluding hydrogens is 492 g/mol. The lowest BCUT2D eigenvalue weighted by molar-refractivity contribution is -0.132. The van der Waals surface area contributed by atoms with Crippen LogP contribution < -0.4 is 9.64 Å². The Morgan fingerprint density at radius 1 is 1.19 bits per heavy atom. The summed E-state index contributed by atoms with van der Waals surface area (Å²) in [4.78, 5) is 45.0. The number of esters is 1. The van der Waals surface area contributed by atoms with E-state index < -0.39 is 23.7 Å². The number of hydrogen-bond acceptors (Lipinski definition) is 8. The quantitative estimate of drug-likeness (QED) is 0.136. The molecule has 2 heterocycles. The van der Waals surface area contributed by atoms with E-state index in [1.54, 1.807) is 55.5 Å². The maximum atomic E-state index is 13.4. The molecule has 0 saturated carbocycles. The number of hydrogen-bond donors (Lipinski definition) is 1. The fraction of sp³-hybridized carbons (Fsp3) is 0.214. The van der Waals surface area contributed by atoms with E-state index in [1.165, 1.54) is 11.0 Å². The van der Waals surface area contributed by atoms with Crippen molar-refractivity contribution in [3.8, 4) is 5.75 Å². The lowest BCUT2D eigenvalue weighted by Gasteiger charge is -2.23. The van der Waals surface area contributed by atoms with Crippen LogP contribution in [0.4, 0.5) is 5.13 Å². The monoisotopic (exact) mass is 518 g/mol. The lowest BCUT2D eigenvalue weighted by Crippen LogP contribution is -2.29. The Balaban J connectivity index is 1.83. The smallest absolute Gasteiger partial charge is 0.350 e. The molecule has 37 heavy (non-hydrogen) atoms. The number of aryl methyl sites for hydroxylation is 1. The highest BCUT2D eigenvalue weighted by Crippen LogP contribution is 2.44. The lowest BCUT2D eigenvalue weighted by atomic mass is 9.95. The van der Waals surface area contributed by atoms with Crippen molar-refractivity contribution in [1.82, 2.24) is 4.98 Å². The number of ketones is 1. The topological polar surface area (TPSA) is 106 Å². The maximum absolute atomic E-state index is 13.4. The summed E-state index contributed by atoms with van der Waals surface area (Å²) < 4.78 is 10.8. The summed E-state index contributed by atoms with van der Waals surface area (Å²) in [6.07, 6.45) is 2.26. The summed E-state index contributed by atoms with van der Waals surface area (Å²) in [5, 5.41) is 11.5. The molecule has 2 aromatic carbocycles. The Bertz CT molecular complexity index is 1380. The number of amides is 1. The molecule has 0 spiro atoms. The zero-order chi connectivity index (χ0) is 26.5. The number of aromatic nitrogens is 1. The van der Waals surface area contributed by atoms with Crippen LogP contribution in [0.25, 0.3) is 5.76 Å². The first-order valence-electron chi connectivity index (χ1n) is 11.7. The molecule has 0 bridgehead atoms. The van der Waals surface area contributed by atoms with Crippen molar-refractivity contribution in [2.24, 2.45) is 0 Å². The van der Waals surface area contributed by atoms with E-state index in [0.29, 0.717) is 29.2 Å². The van der Waals surface area contributed by atoms with Crippen LogP contribution in [0.2, 0.25) is 0 Å². The van der Waals surface area contributed by atoms with Gasteiger partial charge in [0.1, 0.15) is 23.0 Å². The van der Waals surface area contributed by atoms with Crippen LogP contribution in [-0.4, -0.2) is 41.0 Å². The number of aliphatic hydroxyl groups excluding tert-OH is 1. The highest BCUT2D eigenvalue weighted by molar-refractivity contribution is 7.17. The first-order valence-corrected chi connectivity index (χ1v) is 12.5. The van der Waals surface area contributed by atoms with Crippen molar-refractivity contribution in [1.29, 1.82) is 0 Å². The zero-order valence-electron chi connectivity index (χ0n) is 20.5. The van der Waals surface area contributed by atoms with Crippen molar-refractivity contribution in [2.45, 2.75) is 26.3 Å². The first kappa shape index (κ1) is 25.8. The fourth-order valence-electron chi connectivity index (χ4n) is 3.96. The summed E-state index contributed by atoms with van der Waals surface area (Å²) >= 11 is 0.949. The van der Waals surface area contributed by atoms with Gasteiger partial charge in [-0.25, -0.2) is 9.78 Å². The van der Waals surface area contributed by atoms with Gasteiger partial charge in [-0.3, -0.25) is 14.5 Å². The first-order chi connectivity index (χ1) is 17.9. The SMILES string of the molecule is C=CCOC(=O)c1sc(N2C(=O)C(=O)C(=C(O)c3cccc(OCCC)c3)C2c2ccccc2)nc1C. The van der Waals surface area contributed by atoms with Crippen LogP contribution in [0.15, 0.2) is 72.8 Å². The molecule has 3 aromatic rings. The normalized spacial score (nSPS) is 16.6.